The zero-order chi connectivity index (χ0) is 18.4. The van der Waals surface area contributed by atoms with Crippen molar-refractivity contribution < 1.29 is 22.7 Å². The molecule has 0 radical (unpaired) electrons. The smallest absolute Gasteiger partial charge is 0.416 e. The lowest BCUT2D eigenvalue weighted by Gasteiger charge is -2.10. The van der Waals surface area contributed by atoms with Crippen LogP contribution in [0.15, 0.2) is 48.5 Å². The number of nitrogens with one attached hydrogen (secondary N) is 1. The van der Waals surface area contributed by atoms with Crippen LogP contribution in [0, 0.1) is 0 Å². The van der Waals surface area contributed by atoms with Gasteiger partial charge in [0, 0.05) is 6.08 Å². The summed E-state index contributed by atoms with van der Waals surface area (Å²) in [7, 11) is 0. The predicted molar refractivity (Wildman–Crippen MR) is 91.7 cm³/mol. The Morgan fingerprint density at radius 2 is 1.88 bits per heavy atom. The molecule has 0 saturated carbocycles. The van der Waals surface area contributed by atoms with Gasteiger partial charge in [-0.05, 0) is 48.9 Å². The van der Waals surface area contributed by atoms with Crippen molar-refractivity contribution in [3.63, 3.8) is 0 Å². The van der Waals surface area contributed by atoms with Crippen LogP contribution in [0.25, 0.3) is 6.08 Å². The first-order valence-electron chi connectivity index (χ1n) is 7.38. The fraction of sp³-hybridized carbons (Fsp3) is 0.167. The zero-order valence-corrected chi connectivity index (χ0v) is 14.0. The number of hydrogen-bond donors (Lipinski definition) is 1. The van der Waals surface area contributed by atoms with Gasteiger partial charge in [-0.15, -0.1) is 0 Å². The van der Waals surface area contributed by atoms with E-state index in [1.807, 2.05) is 6.92 Å². The van der Waals surface area contributed by atoms with Gasteiger partial charge >= 0.3 is 6.18 Å². The molecule has 0 aliphatic rings. The molecule has 2 aromatic carbocycles. The van der Waals surface area contributed by atoms with Gasteiger partial charge in [-0.3, -0.25) is 4.79 Å². The Hall–Kier alpha value is -2.47. The summed E-state index contributed by atoms with van der Waals surface area (Å²) in [5.41, 5.74) is -0.241. The predicted octanol–water partition coefficient (Wildman–Crippen LogP) is 5.41. The van der Waals surface area contributed by atoms with Crippen LogP contribution in [-0.2, 0) is 11.0 Å². The first kappa shape index (κ1) is 18.9. The second-order valence-electron chi connectivity index (χ2n) is 5.02. The number of hydrogen-bond acceptors (Lipinski definition) is 2. The van der Waals surface area contributed by atoms with Gasteiger partial charge < -0.3 is 10.1 Å². The largest absolute Gasteiger partial charge is 0.494 e. The second-order valence-corrected chi connectivity index (χ2v) is 5.42. The van der Waals surface area contributed by atoms with E-state index in [0.717, 1.165) is 23.8 Å². The van der Waals surface area contributed by atoms with E-state index in [1.54, 1.807) is 24.3 Å². The number of carbonyl (C=O) groups is 1. The molecule has 0 aliphatic carbocycles. The van der Waals surface area contributed by atoms with E-state index < -0.39 is 17.6 Å². The molecule has 1 N–H and O–H groups in total. The number of ether oxygens (including phenoxy) is 1. The van der Waals surface area contributed by atoms with E-state index in [1.165, 1.54) is 12.2 Å². The van der Waals surface area contributed by atoms with Crippen molar-refractivity contribution in [2.75, 3.05) is 11.9 Å². The van der Waals surface area contributed by atoms with Crippen molar-refractivity contribution in [3.8, 4) is 5.75 Å². The lowest BCUT2D eigenvalue weighted by molar-refractivity contribution is -0.137. The second kappa shape index (κ2) is 8.07. The van der Waals surface area contributed by atoms with Gasteiger partial charge in [0.05, 0.1) is 22.9 Å². The number of benzene rings is 2. The average molecular weight is 370 g/mol. The SMILES string of the molecule is CCOc1ccc(/C=C/C(=O)Nc2cc(C(F)(F)F)ccc2Cl)cc1. The molecule has 0 aliphatic heterocycles. The topological polar surface area (TPSA) is 38.3 Å². The summed E-state index contributed by atoms with van der Waals surface area (Å²) < 4.78 is 43.4. The summed E-state index contributed by atoms with van der Waals surface area (Å²) in [6.45, 7) is 2.42. The summed E-state index contributed by atoms with van der Waals surface area (Å²) in [4.78, 5) is 11.9. The number of alkyl halides is 3. The highest BCUT2D eigenvalue weighted by Gasteiger charge is 2.31. The van der Waals surface area contributed by atoms with Crippen LogP contribution >= 0.6 is 11.6 Å². The monoisotopic (exact) mass is 369 g/mol. The number of rotatable bonds is 5. The molecular formula is C18H15ClF3NO2. The van der Waals surface area contributed by atoms with E-state index in [-0.39, 0.29) is 10.7 Å². The molecule has 2 aromatic rings. The summed E-state index contributed by atoms with van der Waals surface area (Å²) >= 11 is 5.83. The van der Waals surface area contributed by atoms with Crippen LogP contribution in [-0.4, -0.2) is 12.5 Å². The Kier molecular flexibility index (Phi) is 6.09. The fourth-order valence-electron chi connectivity index (χ4n) is 1.99. The molecule has 0 atom stereocenters. The van der Waals surface area contributed by atoms with Gasteiger partial charge in [0.25, 0.3) is 0 Å². The van der Waals surface area contributed by atoms with Crippen LogP contribution in [0.3, 0.4) is 0 Å². The summed E-state index contributed by atoms with van der Waals surface area (Å²) in [6, 6.07) is 9.77. The quantitative estimate of drug-likeness (QED) is 0.716. The van der Waals surface area contributed by atoms with Crippen LogP contribution in [0.5, 0.6) is 5.75 Å². The molecule has 7 heteroatoms. The van der Waals surface area contributed by atoms with Gasteiger partial charge in [-0.1, -0.05) is 23.7 Å². The molecule has 1 amide bonds. The van der Waals surface area contributed by atoms with Crippen molar-refractivity contribution in [2.24, 2.45) is 0 Å². The maximum absolute atomic E-state index is 12.7. The minimum atomic E-state index is -4.51. The van der Waals surface area contributed by atoms with Crippen LogP contribution in [0.2, 0.25) is 5.02 Å². The van der Waals surface area contributed by atoms with E-state index in [9.17, 15) is 18.0 Å². The summed E-state index contributed by atoms with van der Waals surface area (Å²) in [5, 5.41) is 2.37. The molecule has 0 unspecified atom stereocenters. The van der Waals surface area contributed by atoms with E-state index in [4.69, 9.17) is 16.3 Å². The molecule has 3 nitrogen and oxygen atoms in total. The average Bonchev–Trinajstić information content (AvgIpc) is 2.55. The van der Waals surface area contributed by atoms with Gasteiger partial charge in [0.2, 0.25) is 5.91 Å². The van der Waals surface area contributed by atoms with Crippen LogP contribution in [0.1, 0.15) is 18.1 Å². The normalized spacial score (nSPS) is 11.6. The Labute approximate surface area is 148 Å². The zero-order valence-electron chi connectivity index (χ0n) is 13.2. The van der Waals surface area contributed by atoms with E-state index in [0.29, 0.717) is 12.4 Å². The standard InChI is InChI=1S/C18H15ClF3NO2/c1-2-25-14-7-3-12(4-8-14)5-10-17(24)23-16-11-13(18(20,21)22)6-9-15(16)19/h3-11H,2H2,1H3,(H,23,24)/b10-5+. The Morgan fingerprint density at radius 3 is 2.48 bits per heavy atom. The van der Waals surface area contributed by atoms with Crippen molar-refractivity contribution in [2.45, 2.75) is 13.1 Å². The van der Waals surface area contributed by atoms with Crippen molar-refractivity contribution in [1.29, 1.82) is 0 Å². The molecule has 0 heterocycles. The van der Waals surface area contributed by atoms with Crippen molar-refractivity contribution in [1.82, 2.24) is 0 Å². The lowest BCUT2D eigenvalue weighted by atomic mass is 10.2. The molecular weight excluding hydrogens is 355 g/mol. The number of halogens is 4. The van der Waals surface area contributed by atoms with Gasteiger partial charge in [-0.2, -0.15) is 13.2 Å². The molecule has 2 rings (SSSR count). The Balaban J connectivity index is 2.07. The highest BCUT2D eigenvalue weighted by Crippen LogP contribution is 2.33. The maximum Gasteiger partial charge on any atom is 0.416 e. The first-order chi connectivity index (χ1) is 11.8. The first-order valence-corrected chi connectivity index (χ1v) is 7.76. The van der Waals surface area contributed by atoms with Crippen LogP contribution in [0.4, 0.5) is 18.9 Å². The summed E-state index contributed by atoms with van der Waals surface area (Å²) in [6.07, 6.45) is -1.76. The number of anilines is 1. The minimum absolute atomic E-state index is 0.0239. The fourth-order valence-corrected chi connectivity index (χ4v) is 2.15. The molecule has 0 fully saturated rings. The molecule has 0 bridgehead atoms. The van der Waals surface area contributed by atoms with E-state index >= 15 is 0 Å². The molecule has 0 saturated heterocycles. The Morgan fingerprint density at radius 1 is 1.20 bits per heavy atom. The molecule has 25 heavy (non-hydrogen) atoms. The Bertz CT molecular complexity index is 771. The molecule has 0 aromatic heterocycles. The van der Waals surface area contributed by atoms with Gasteiger partial charge in [0.15, 0.2) is 0 Å². The minimum Gasteiger partial charge on any atom is -0.494 e. The number of carbonyl (C=O) groups excluding carboxylic acids is 1. The third-order valence-electron chi connectivity index (χ3n) is 3.17. The maximum atomic E-state index is 12.7. The highest BCUT2D eigenvalue weighted by molar-refractivity contribution is 6.33. The van der Waals surface area contributed by atoms with Crippen molar-refractivity contribution >= 4 is 29.3 Å². The molecule has 132 valence electrons. The summed E-state index contributed by atoms with van der Waals surface area (Å²) in [5.74, 6) is 0.120. The third-order valence-corrected chi connectivity index (χ3v) is 3.50. The molecule has 0 spiro atoms. The van der Waals surface area contributed by atoms with Crippen LogP contribution < -0.4 is 10.1 Å². The highest BCUT2D eigenvalue weighted by atomic mass is 35.5. The van der Waals surface area contributed by atoms with E-state index in [2.05, 4.69) is 5.32 Å². The van der Waals surface area contributed by atoms with Crippen molar-refractivity contribution in [3.05, 3.63) is 64.7 Å². The van der Waals surface area contributed by atoms with Gasteiger partial charge in [0.1, 0.15) is 5.75 Å². The number of amides is 1. The lowest BCUT2D eigenvalue weighted by Crippen LogP contribution is -2.11. The van der Waals surface area contributed by atoms with Gasteiger partial charge in [-0.25, -0.2) is 0 Å². The third kappa shape index (κ3) is 5.53.